The molecular formula is C11H13BrClN3O. The highest BCUT2D eigenvalue weighted by molar-refractivity contribution is 9.10. The predicted molar refractivity (Wildman–Crippen MR) is 71.1 cm³/mol. The molecule has 2 heterocycles. The molecule has 0 aromatic carbocycles. The van der Waals surface area contributed by atoms with Crippen molar-refractivity contribution >= 4 is 39.1 Å². The van der Waals surface area contributed by atoms with Crippen LogP contribution in [0.4, 0.5) is 5.69 Å². The molecule has 4 nitrogen and oxygen atoms in total. The van der Waals surface area contributed by atoms with Gasteiger partial charge in [0, 0.05) is 12.2 Å². The van der Waals surface area contributed by atoms with Crippen molar-refractivity contribution in [1.29, 1.82) is 0 Å². The lowest BCUT2D eigenvalue weighted by Gasteiger charge is -2.15. The van der Waals surface area contributed by atoms with Crippen molar-refractivity contribution in [2.24, 2.45) is 5.92 Å². The highest BCUT2D eigenvalue weighted by Gasteiger charge is 2.29. The average Bonchev–Trinajstić information content (AvgIpc) is 2.70. The molecule has 1 aliphatic rings. The number of amides is 1. The van der Waals surface area contributed by atoms with Gasteiger partial charge in [-0.3, -0.25) is 4.79 Å². The fourth-order valence-electron chi connectivity index (χ4n) is 1.95. The molecule has 2 rings (SSSR count). The lowest BCUT2D eigenvalue weighted by Crippen LogP contribution is -2.32. The van der Waals surface area contributed by atoms with Gasteiger partial charge in [0.15, 0.2) is 0 Å². The SMILES string of the molecule is CC1NCCC1C(=O)Nc1cc(Cl)cnc1Br. The zero-order valence-electron chi connectivity index (χ0n) is 9.34. The number of anilines is 1. The van der Waals surface area contributed by atoms with Crippen LogP contribution in [-0.4, -0.2) is 23.5 Å². The zero-order chi connectivity index (χ0) is 12.4. The second-order valence-electron chi connectivity index (χ2n) is 4.12. The molecule has 0 radical (unpaired) electrons. The Labute approximate surface area is 113 Å². The number of carbonyl (C=O) groups is 1. The number of carbonyl (C=O) groups excluding carboxylic acids is 1. The van der Waals surface area contributed by atoms with Crippen molar-refractivity contribution in [1.82, 2.24) is 10.3 Å². The van der Waals surface area contributed by atoms with Crippen LogP contribution in [0.25, 0.3) is 0 Å². The summed E-state index contributed by atoms with van der Waals surface area (Å²) in [6.45, 7) is 2.90. The fourth-order valence-corrected chi connectivity index (χ4v) is 2.43. The van der Waals surface area contributed by atoms with E-state index in [-0.39, 0.29) is 17.9 Å². The van der Waals surface area contributed by atoms with Gasteiger partial charge in [-0.1, -0.05) is 11.6 Å². The van der Waals surface area contributed by atoms with Crippen LogP contribution < -0.4 is 10.6 Å². The first-order chi connectivity index (χ1) is 8.08. The summed E-state index contributed by atoms with van der Waals surface area (Å²) >= 11 is 9.12. The Kier molecular flexibility index (Phi) is 4.01. The minimum absolute atomic E-state index is 0.000816. The minimum atomic E-state index is 0.000816. The maximum atomic E-state index is 12.0. The summed E-state index contributed by atoms with van der Waals surface area (Å²) in [5.41, 5.74) is 0.613. The molecule has 2 N–H and O–H groups in total. The number of pyridine rings is 1. The molecule has 0 aliphatic carbocycles. The Morgan fingerprint density at radius 2 is 2.47 bits per heavy atom. The van der Waals surface area contributed by atoms with E-state index in [9.17, 15) is 4.79 Å². The van der Waals surface area contributed by atoms with E-state index in [0.29, 0.717) is 15.3 Å². The van der Waals surface area contributed by atoms with Gasteiger partial charge in [-0.25, -0.2) is 4.98 Å². The van der Waals surface area contributed by atoms with Crippen LogP contribution in [0.2, 0.25) is 5.02 Å². The third-order valence-corrected chi connectivity index (χ3v) is 3.76. The Morgan fingerprint density at radius 3 is 3.12 bits per heavy atom. The zero-order valence-corrected chi connectivity index (χ0v) is 11.7. The van der Waals surface area contributed by atoms with Crippen molar-refractivity contribution in [3.05, 3.63) is 21.9 Å². The molecule has 0 saturated carbocycles. The molecule has 2 unspecified atom stereocenters. The number of hydrogen-bond donors (Lipinski definition) is 2. The molecule has 1 aromatic heterocycles. The minimum Gasteiger partial charge on any atom is -0.323 e. The van der Waals surface area contributed by atoms with Crippen LogP contribution in [0.15, 0.2) is 16.9 Å². The van der Waals surface area contributed by atoms with Gasteiger partial charge in [0.05, 0.1) is 16.6 Å². The highest BCUT2D eigenvalue weighted by Crippen LogP contribution is 2.25. The standard InChI is InChI=1S/C11H13BrClN3O/c1-6-8(2-3-14-6)11(17)16-9-4-7(13)5-15-10(9)12/h4-6,8,14H,2-3H2,1H3,(H,16,17). The van der Waals surface area contributed by atoms with Gasteiger partial charge in [-0.2, -0.15) is 0 Å². The number of halogens is 2. The largest absolute Gasteiger partial charge is 0.323 e. The molecule has 17 heavy (non-hydrogen) atoms. The first kappa shape index (κ1) is 12.8. The van der Waals surface area contributed by atoms with Gasteiger partial charge < -0.3 is 10.6 Å². The summed E-state index contributed by atoms with van der Waals surface area (Å²) in [6, 6.07) is 1.89. The summed E-state index contributed by atoms with van der Waals surface area (Å²) in [6.07, 6.45) is 2.39. The highest BCUT2D eigenvalue weighted by atomic mass is 79.9. The maximum Gasteiger partial charge on any atom is 0.229 e. The molecule has 1 aliphatic heterocycles. The molecule has 1 fully saturated rings. The van der Waals surface area contributed by atoms with Crippen molar-refractivity contribution in [2.45, 2.75) is 19.4 Å². The molecule has 1 aromatic rings. The van der Waals surface area contributed by atoms with Crippen LogP contribution >= 0.6 is 27.5 Å². The number of nitrogens with one attached hydrogen (secondary N) is 2. The fraction of sp³-hybridized carbons (Fsp3) is 0.455. The number of aromatic nitrogens is 1. The van der Waals surface area contributed by atoms with Gasteiger partial charge in [-0.05, 0) is 41.9 Å². The van der Waals surface area contributed by atoms with E-state index in [2.05, 4.69) is 31.5 Å². The monoisotopic (exact) mass is 317 g/mol. The van der Waals surface area contributed by atoms with Crippen molar-refractivity contribution in [3.63, 3.8) is 0 Å². The van der Waals surface area contributed by atoms with Gasteiger partial charge in [-0.15, -0.1) is 0 Å². The van der Waals surface area contributed by atoms with Gasteiger partial charge in [0.2, 0.25) is 5.91 Å². The summed E-state index contributed by atoms with van der Waals surface area (Å²) in [4.78, 5) is 16.1. The van der Waals surface area contributed by atoms with Crippen molar-refractivity contribution in [3.8, 4) is 0 Å². The predicted octanol–water partition coefficient (Wildman–Crippen LogP) is 2.43. The topological polar surface area (TPSA) is 54.0 Å². The van der Waals surface area contributed by atoms with E-state index < -0.39 is 0 Å². The Balaban J connectivity index is 2.10. The second-order valence-corrected chi connectivity index (χ2v) is 5.31. The number of hydrogen-bond acceptors (Lipinski definition) is 3. The van der Waals surface area contributed by atoms with E-state index in [1.165, 1.54) is 6.20 Å². The normalized spacial score (nSPS) is 23.7. The smallest absolute Gasteiger partial charge is 0.229 e. The number of rotatable bonds is 2. The van der Waals surface area contributed by atoms with E-state index >= 15 is 0 Å². The Bertz CT molecular complexity index is 441. The first-order valence-electron chi connectivity index (χ1n) is 5.43. The molecule has 1 saturated heterocycles. The van der Waals surface area contributed by atoms with Crippen LogP contribution in [0, 0.1) is 5.92 Å². The molecule has 1 amide bonds. The molecular weight excluding hydrogens is 305 g/mol. The van der Waals surface area contributed by atoms with E-state index in [0.717, 1.165) is 13.0 Å². The van der Waals surface area contributed by atoms with Crippen molar-refractivity contribution in [2.75, 3.05) is 11.9 Å². The van der Waals surface area contributed by atoms with Crippen LogP contribution in [0.5, 0.6) is 0 Å². The Hall–Kier alpha value is -0.650. The van der Waals surface area contributed by atoms with E-state index in [4.69, 9.17) is 11.6 Å². The van der Waals surface area contributed by atoms with E-state index in [1.54, 1.807) is 6.07 Å². The molecule has 0 spiro atoms. The Morgan fingerprint density at radius 1 is 1.71 bits per heavy atom. The lowest BCUT2D eigenvalue weighted by atomic mass is 10.0. The number of nitrogens with zero attached hydrogens (tertiary/aromatic N) is 1. The van der Waals surface area contributed by atoms with Crippen LogP contribution in [-0.2, 0) is 4.79 Å². The quantitative estimate of drug-likeness (QED) is 0.824. The third kappa shape index (κ3) is 2.97. The molecule has 92 valence electrons. The summed E-state index contributed by atoms with van der Waals surface area (Å²) in [5.74, 6) is 0.00754. The average molecular weight is 319 g/mol. The first-order valence-corrected chi connectivity index (χ1v) is 6.60. The molecule has 6 heteroatoms. The lowest BCUT2D eigenvalue weighted by molar-refractivity contribution is -0.120. The van der Waals surface area contributed by atoms with Gasteiger partial charge in [0.25, 0.3) is 0 Å². The third-order valence-electron chi connectivity index (χ3n) is 2.93. The van der Waals surface area contributed by atoms with Gasteiger partial charge in [0.1, 0.15) is 4.60 Å². The summed E-state index contributed by atoms with van der Waals surface area (Å²) in [5, 5.41) is 6.60. The van der Waals surface area contributed by atoms with E-state index in [1.807, 2.05) is 6.92 Å². The molecule has 2 atom stereocenters. The van der Waals surface area contributed by atoms with Crippen LogP contribution in [0.1, 0.15) is 13.3 Å². The summed E-state index contributed by atoms with van der Waals surface area (Å²) < 4.78 is 0.592. The summed E-state index contributed by atoms with van der Waals surface area (Å²) in [7, 11) is 0. The van der Waals surface area contributed by atoms with Crippen LogP contribution in [0.3, 0.4) is 0 Å². The molecule has 0 bridgehead atoms. The van der Waals surface area contributed by atoms with Crippen molar-refractivity contribution < 1.29 is 4.79 Å². The maximum absolute atomic E-state index is 12.0. The second kappa shape index (κ2) is 5.33. The van der Waals surface area contributed by atoms with Gasteiger partial charge >= 0.3 is 0 Å².